The van der Waals surface area contributed by atoms with Gasteiger partial charge in [-0.3, -0.25) is 29.7 Å². The zero-order valence-corrected chi connectivity index (χ0v) is 20.4. The maximum absolute atomic E-state index is 12.5. The van der Waals surface area contributed by atoms with Gasteiger partial charge in [0.05, 0.1) is 19.4 Å². The lowest BCUT2D eigenvalue weighted by molar-refractivity contribution is -0.149. The van der Waals surface area contributed by atoms with E-state index in [-0.39, 0.29) is 29.7 Å². The van der Waals surface area contributed by atoms with Gasteiger partial charge in [0, 0.05) is 44.0 Å². The maximum atomic E-state index is 12.5. The third-order valence-electron chi connectivity index (χ3n) is 6.37. The van der Waals surface area contributed by atoms with Gasteiger partial charge in [-0.2, -0.15) is 0 Å². The predicted molar refractivity (Wildman–Crippen MR) is 131 cm³/mol. The first-order chi connectivity index (χ1) is 17.4. The van der Waals surface area contributed by atoms with Gasteiger partial charge in [-0.25, -0.2) is 4.79 Å². The molecule has 1 aromatic carbocycles. The van der Waals surface area contributed by atoms with Gasteiger partial charge < -0.3 is 19.2 Å². The number of hydrogen-bond donors (Lipinski definition) is 2. The smallest absolute Gasteiger partial charge is 0.414 e. The van der Waals surface area contributed by atoms with E-state index in [9.17, 15) is 14.4 Å². The molecule has 4 rings (SSSR count). The van der Waals surface area contributed by atoms with Crippen molar-refractivity contribution in [2.24, 2.45) is 0 Å². The average molecular weight is 498 g/mol. The van der Waals surface area contributed by atoms with Crippen molar-refractivity contribution in [3.05, 3.63) is 54.0 Å². The van der Waals surface area contributed by atoms with Crippen molar-refractivity contribution < 1.29 is 28.3 Å². The molecule has 2 saturated heterocycles. The monoisotopic (exact) mass is 497 g/mol. The molecule has 0 aliphatic carbocycles. The summed E-state index contributed by atoms with van der Waals surface area (Å²) in [5, 5.41) is 10.6. The van der Waals surface area contributed by atoms with Crippen LogP contribution in [-0.4, -0.2) is 91.6 Å². The quantitative estimate of drug-likeness (QED) is 0.322. The normalized spacial score (nSPS) is 19.6. The van der Waals surface area contributed by atoms with E-state index in [0.717, 1.165) is 26.2 Å². The second kappa shape index (κ2) is 11.4. The van der Waals surface area contributed by atoms with Crippen LogP contribution in [0.2, 0.25) is 0 Å². The van der Waals surface area contributed by atoms with Gasteiger partial charge in [-0.15, -0.1) is 0 Å². The first-order valence-electron chi connectivity index (χ1n) is 12.0. The van der Waals surface area contributed by atoms with Crippen LogP contribution in [-0.2, 0) is 14.3 Å². The zero-order chi connectivity index (χ0) is 25.7. The minimum Gasteiger partial charge on any atom is -0.465 e. The Bertz CT molecular complexity index is 1080. The van der Waals surface area contributed by atoms with Gasteiger partial charge in [-0.05, 0) is 50.2 Å². The van der Waals surface area contributed by atoms with Crippen molar-refractivity contribution in [3.8, 4) is 0 Å². The molecule has 0 radical (unpaired) electrons. The summed E-state index contributed by atoms with van der Waals surface area (Å²) in [6.07, 6.45) is 0.711. The van der Waals surface area contributed by atoms with E-state index in [1.165, 1.54) is 12.3 Å². The highest BCUT2D eigenvalue weighted by Crippen LogP contribution is 2.23. The summed E-state index contributed by atoms with van der Waals surface area (Å²) in [7, 11) is 0. The van der Waals surface area contributed by atoms with Crippen LogP contribution in [0.1, 0.15) is 30.0 Å². The maximum Gasteiger partial charge on any atom is 0.414 e. The van der Waals surface area contributed by atoms with E-state index in [1.54, 1.807) is 42.2 Å². The predicted octanol–water partition coefficient (Wildman–Crippen LogP) is 1.93. The van der Waals surface area contributed by atoms with E-state index >= 15 is 0 Å². The molecule has 11 nitrogen and oxygen atoms in total. The van der Waals surface area contributed by atoms with Gasteiger partial charge in [0.15, 0.2) is 5.76 Å². The van der Waals surface area contributed by atoms with Crippen molar-refractivity contribution in [1.29, 1.82) is 5.41 Å². The topological polar surface area (TPSA) is 128 Å². The summed E-state index contributed by atoms with van der Waals surface area (Å²) >= 11 is 0. The molecule has 3 heterocycles. The Hall–Kier alpha value is -3.70. The van der Waals surface area contributed by atoms with Crippen molar-refractivity contribution in [2.75, 3.05) is 50.8 Å². The number of amides is 2. The molecular formula is C25H31N5O6. The highest BCUT2D eigenvalue weighted by Gasteiger charge is 2.35. The largest absolute Gasteiger partial charge is 0.465 e. The second-order valence-corrected chi connectivity index (χ2v) is 8.73. The molecule has 2 amide bonds. The molecule has 1 aromatic heterocycles. The highest BCUT2D eigenvalue weighted by atomic mass is 16.6. The minimum atomic E-state index is -0.503. The third kappa shape index (κ3) is 5.92. The number of hydrogen-bond acceptors (Lipinski definition) is 9. The van der Waals surface area contributed by atoms with Crippen LogP contribution in [0.4, 0.5) is 10.5 Å². The fourth-order valence-electron chi connectivity index (χ4n) is 4.32. The number of amidine groups is 1. The van der Waals surface area contributed by atoms with Crippen molar-refractivity contribution in [2.45, 2.75) is 26.0 Å². The first-order valence-corrected chi connectivity index (χ1v) is 12.0. The molecule has 36 heavy (non-hydrogen) atoms. The van der Waals surface area contributed by atoms with Gasteiger partial charge in [0.25, 0.3) is 5.91 Å². The molecule has 2 aromatic rings. The van der Waals surface area contributed by atoms with Gasteiger partial charge in [-0.1, -0.05) is 0 Å². The summed E-state index contributed by atoms with van der Waals surface area (Å²) in [5.41, 5.74) is 1.15. The Balaban J connectivity index is 1.26. The van der Waals surface area contributed by atoms with Crippen LogP contribution < -0.4 is 10.2 Å². The molecule has 192 valence electrons. The summed E-state index contributed by atoms with van der Waals surface area (Å²) < 4.78 is 15.8. The van der Waals surface area contributed by atoms with Crippen LogP contribution in [0, 0.1) is 5.41 Å². The van der Waals surface area contributed by atoms with Gasteiger partial charge in [0.2, 0.25) is 0 Å². The second-order valence-electron chi connectivity index (χ2n) is 8.73. The van der Waals surface area contributed by atoms with Crippen molar-refractivity contribution in [3.63, 3.8) is 0 Å². The van der Waals surface area contributed by atoms with Gasteiger partial charge in [0.1, 0.15) is 18.0 Å². The summed E-state index contributed by atoms with van der Waals surface area (Å²) in [4.78, 5) is 42.5. The number of rotatable bonds is 8. The fraction of sp³-hybridized carbons (Fsp3) is 0.440. The number of piperazine rings is 1. The molecule has 2 unspecified atom stereocenters. The van der Waals surface area contributed by atoms with Crippen LogP contribution in [0.3, 0.4) is 0 Å². The third-order valence-corrected chi connectivity index (χ3v) is 6.37. The molecule has 0 spiro atoms. The van der Waals surface area contributed by atoms with E-state index < -0.39 is 12.0 Å². The molecule has 11 heteroatoms. The first kappa shape index (κ1) is 25.4. The SMILES string of the molecule is CCOC(=O)C(C)N1CCN(CC2CN(c3ccc(C(=N)NC(=O)c4ccco4)cc3)C(=O)O2)CC1. The number of benzene rings is 1. The zero-order valence-electron chi connectivity index (χ0n) is 20.4. The fourth-order valence-corrected chi connectivity index (χ4v) is 4.32. The standard InChI is InChI=1S/C25H31N5O6/c1-3-34-24(32)17(2)29-12-10-28(11-13-29)15-20-16-30(25(33)36-20)19-8-6-18(7-9-19)22(26)27-23(31)21-5-4-14-35-21/h4-9,14,17,20H,3,10-13,15-16H2,1-2H3,(H2,26,27,31). The number of nitrogens with one attached hydrogen (secondary N) is 2. The Morgan fingerprint density at radius 1 is 1.17 bits per heavy atom. The van der Waals surface area contributed by atoms with Crippen LogP contribution in [0.25, 0.3) is 0 Å². The molecule has 2 aliphatic rings. The Labute approximate surface area is 209 Å². The number of furan rings is 1. The van der Waals surface area contributed by atoms with Crippen LogP contribution in [0.15, 0.2) is 47.1 Å². The van der Waals surface area contributed by atoms with E-state index in [1.807, 2.05) is 6.92 Å². The lowest BCUT2D eigenvalue weighted by Crippen LogP contribution is -2.53. The van der Waals surface area contributed by atoms with Crippen LogP contribution >= 0.6 is 0 Å². The molecule has 0 bridgehead atoms. The Morgan fingerprint density at radius 2 is 1.89 bits per heavy atom. The van der Waals surface area contributed by atoms with E-state index in [2.05, 4.69) is 15.1 Å². The number of anilines is 1. The number of carbonyl (C=O) groups excluding carboxylic acids is 3. The average Bonchev–Trinajstić information content (AvgIpc) is 3.54. The highest BCUT2D eigenvalue weighted by molar-refractivity contribution is 6.10. The molecule has 2 N–H and O–H groups in total. The number of nitrogens with zero attached hydrogens (tertiary/aromatic N) is 3. The summed E-state index contributed by atoms with van der Waals surface area (Å²) in [6, 6.07) is 9.64. The number of esters is 1. The number of ether oxygens (including phenoxy) is 2. The number of cyclic esters (lactones) is 1. The Kier molecular flexibility index (Phi) is 8.01. The summed E-state index contributed by atoms with van der Waals surface area (Å²) in [6.45, 7) is 8.12. The molecule has 0 saturated carbocycles. The lowest BCUT2D eigenvalue weighted by atomic mass is 10.1. The molecule has 2 atom stereocenters. The molecule has 2 aliphatic heterocycles. The lowest BCUT2D eigenvalue weighted by Gasteiger charge is -2.37. The molecular weight excluding hydrogens is 466 g/mol. The van der Waals surface area contributed by atoms with E-state index in [0.29, 0.717) is 30.9 Å². The van der Waals surface area contributed by atoms with Crippen molar-refractivity contribution in [1.82, 2.24) is 15.1 Å². The molecule has 2 fully saturated rings. The van der Waals surface area contributed by atoms with Crippen molar-refractivity contribution >= 4 is 29.5 Å². The minimum absolute atomic E-state index is 0.0683. The van der Waals surface area contributed by atoms with E-state index in [4.69, 9.17) is 19.3 Å². The Morgan fingerprint density at radius 3 is 2.53 bits per heavy atom. The van der Waals surface area contributed by atoms with Crippen LogP contribution in [0.5, 0.6) is 0 Å². The van der Waals surface area contributed by atoms with Gasteiger partial charge >= 0.3 is 12.1 Å². The number of carbonyl (C=O) groups is 3. The summed E-state index contributed by atoms with van der Waals surface area (Å²) in [5.74, 6) is -0.651.